The van der Waals surface area contributed by atoms with Gasteiger partial charge < -0.3 is 14.9 Å². The van der Waals surface area contributed by atoms with E-state index in [2.05, 4.69) is 0 Å². The minimum absolute atomic E-state index is 0.0796. The molecule has 0 aromatic heterocycles. The van der Waals surface area contributed by atoms with E-state index < -0.39 is 12.2 Å². The van der Waals surface area contributed by atoms with Crippen LogP contribution in [0.4, 0.5) is 0 Å². The lowest BCUT2D eigenvalue weighted by atomic mass is 10.1. The number of nitrogens with zero attached hydrogens (tertiary/aromatic N) is 1. The third-order valence-electron chi connectivity index (χ3n) is 3.56. The first-order chi connectivity index (χ1) is 8.61. The van der Waals surface area contributed by atoms with Crippen LogP contribution in [0.3, 0.4) is 0 Å². The molecule has 0 amide bonds. The van der Waals surface area contributed by atoms with Gasteiger partial charge in [0.2, 0.25) is 0 Å². The molecule has 1 unspecified atom stereocenters. The summed E-state index contributed by atoms with van der Waals surface area (Å²) in [6.45, 7) is 1.75. The van der Waals surface area contributed by atoms with Gasteiger partial charge in [0.1, 0.15) is 11.9 Å². The van der Waals surface area contributed by atoms with Crippen molar-refractivity contribution in [3.63, 3.8) is 0 Å². The van der Waals surface area contributed by atoms with Crippen LogP contribution in [0, 0.1) is 0 Å². The molecule has 4 nitrogen and oxygen atoms in total. The zero-order valence-corrected chi connectivity index (χ0v) is 10.7. The van der Waals surface area contributed by atoms with Crippen molar-refractivity contribution in [2.24, 2.45) is 0 Å². The average Bonchev–Trinajstić information content (AvgIpc) is 2.82. The van der Waals surface area contributed by atoms with Crippen LogP contribution in [-0.4, -0.2) is 53.1 Å². The van der Waals surface area contributed by atoms with Gasteiger partial charge in [-0.25, -0.2) is 0 Å². The molecule has 2 N–H and O–H groups in total. The molecular weight excluding hydrogens is 254 g/mol. The van der Waals surface area contributed by atoms with Crippen molar-refractivity contribution in [3.8, 4) is 5.75 Å². The van der Waals surface area contributed by atoms with Gasteiger partial charge in [0.25, 0.3) is 0 Å². The van der Waals surface area contributed by atoms with Crippen LogP contribution in [0.1, 0.15) is 5.56 Å². The van der Waals surface area contributed by atoms with Crippen LogP contribution in [0.25, 0.3) is 0 Å². The first kappa shape index (κ1) is 12.2. The predicted molar refractivity (Wildman–Crippen MR) is 68.0 cm³/mol. The Morgan fingerprint density at radius 3 is 2.72 bits per heavy atom. The third kappa shape index (κ3) is 2.34. The summed E-state index contributed by atoms with van der Waals surface area (Å²) < 4.78 is 5.83. The molecule has 3 atom stereocenters. The Balaban J connectivity index is 1.61. The van der Waals surface area contributed by atoms with Crippen LogP contribution < -0.4 is 4.74 Å². The Morgan fingerprint density at radius 2 is 2.00 bits per heavy atom. The molecule has 3 rings (SSSR count). The summed E-state index contributed by atoms with van der Waals surface area (Å²) in [6.07, 6.45) is -0.360. The second kappa shape index (κ2) is 4.70. The molecule has 1 aromatic carbocycles. The summed E-state index contributed by atoms with van der Waals surface area (Å²) in [4.78, 5) is 2.04. The number of β-amino-alcohol motifs (C(OH)–C–C–N with tert-alkyl or cyclic N) is 2. The second-order valence-corrected chi connectivity index (χ2v) is 5.49. The van der Waals surface area contributed by atoms with E-state index in [4.69, 9.17) is 16.3 Å². The Bertz CT molecular complexity index is 444. The van der Waals surface area contributed by atoms with Gasteiger partial charge in [0.05, 0.1) is 12.2 Å². The molecule has 2 aliphatic heterocycles. The maximum absolute atomic E-state index is 9.50. The number of rotatable bonds is 2. The van der Waals surface area contributed by atoms with Crippen molar-refractivity contribution in [1.82, 2.24) is 4.90 Å². The summed E-state index contributed by atoms with van der Waals surface area (Å²) in [6, 6.07) is 5.65. The van der Waals surface area contributed by atoms with Crippen molar-refractivity contribution in [2.45, 2.75) is 24.7 Å². The Morgan fingerprint density at radius 1 is 1.28 bits per heavy atom. The van der Waals surface area contributed by atoms with E-state index in [-0.39, 0.29) is 6.10 Å². The number of likely N-dealkylation sites (tertiary alicyclic amines) is 1. The summed E-state index contributed by atoms with van der Waals surface area (Å²) in [5.41, 5.74) is 1.13. The first-order valence-electron chi connectivity index (χ1n) is 6.15. The fraction of sp³-hybridized carbons (Fsp3) is 0.538. The van der Waals surface area contributed by atoms with Crippen LogP contribution in [-0.2, 0) is 6.42 Å². The van der Waals surface area contributed by atoms with Crippen LogP contribution in [0.5, 0.6) is 5.75 Å². The number of halogens is 1. The summed E-state index contributed by atoms with van der Waals surface area (Å²) in [5.74, 6) is 0.893. The molecule has 1 aromatic rings. The van der Waals surface area contributed by atoms with Gasteiger partial charge in [-0.2, -0.15) is 0 Å². The van der Waals surface area contributed by atoms with E-state index in [1.807, 2.05) is 23.1 Å². The highest BCUT2D eigenvalue weighted by atomic mass is 35.5. The molecule has 0 spiro atoms. The van der Waals surface area contributed by atoms with Crippen LogP contribution in [0.15, 0.2) is 18.2 Å². The van der Waals surface area contributed by atoms with Gasteiger partial charge in [-0.1, -0.05) is 11.6 Å². The molecule has 2 heterocycles. The predicted octanol–water partition coefficient (Wildman–Crippen LogP) is 0.681. The largest absolute Gasteiger partial charge is 0.488 e. The zero-order valence-electron chi connectivity index (χ0n) is 9.92. The van der Waals surface area contributed by atoms with Crippen molar-refractivity contribution in [2.75, 3.05) is 19.6 Å². The smallest absolute Gasteiger partial charge is 0.123 e. The van der Waals surface area contributed by atoms with E-state index in [1.165, 1.54) is 0 Å². The van der Waals surface area contributed by atoms with Gasteiger partial charge in [-0.05, 0) is 23.8 Å². The lowest BCUT2D eigenvalue weighted by Crippen LogP contribution is -2.34. The lowest BCUT2D eigenvalue weighted by Gasteiger charge is -2.19. The fourth-order valence-corrected chi connectivity index (χ4v) is 2.87. The zero-order chi connectivity index (χ0) is 12.7. The minimum Gasteiger partial charge on any atom is -0.488 e. The van der Waals surface area contributed by atoms with Crippen molar-refractivity contribution in [3.05, 3.63) is 28.8 Å². The van der Waals surface area contributed by atoms with Crippen LogP contribution in [0.2, 0.25) is 5.02 Å². The molecule has 0 bridgehead atoms. The van der Waals surface area contributed by atoms with Crippen molar-refractivity contribution >= 4 is 11.6 Å². The van der Waals surface area contributed by atoms with Gasteiger partial charge in [-0.3, -0.25) is 4.90 Å². The van der Waals surface area contributed by atoms with E-state index in [1.54, 1.807) is 0 Å². The summed E-state index contributed by atoms with van der Waals surface area (Å²) in [5, 5.41) is 19.7. The highest BCUT2D eigenvalue weighted by molar-refractivity contribution is 6.30. The average molecular weight is 270 g/mol. The molecule has 5 heteroatoms. The molecule has 0 saturated carbocycles. The highest BCUT2D eigenvalue weighted by Gasteiger charge is 2.33. The third-order valence-corrected chi connectivity index (χ3v) is 3.80. The quantitative estimate of drug-likeness (QED) is 0.829. The number of hydrogen-bond donors (Lipinski definition) is 2. The number of aliphatic hydroxyl groups is 2. The summed E-state index contributed by atoms with van der Waals surface area (Å²) in [7, 11) is 0. The number of aliphatic hydroxyl groups excluding tert-OH is 2. The monoisotopic (exact) mass is 269 g/mol. The molecule has 98 valence electrons. The molecule has 2 aliphatic rings. The number of fused-ring (bicyclic) bond motifs is 1. The van der Waals surface area contributed by atoms with Crippen molar-refractivity contribution in [1.29, 1.82) is 0 Å². The highest BCUT2D eigenvalue weighted by Crippen LogP contribution is 2.31. The molecule has 0 aliphatic carbocycles. The van der Waals surface area contributed by atoms with E-state index in [0.717, 1.165) is 29.3 Å². The van der Waals surface area contributed by atoms with E-state index in [0.29, 0.717) is 13.1 Å². The topological polar surface area (TPSA) is 52.9 Å². The Hall–Kier alpha value is -0.810. The second-order valence-electron chi connectivity index (χ2n) is 5.05. The van der Waals surface area contributed by atoms with Crippen molar-refractivity contribution < 1.29 is 14.9 Å². The van der Waals surface area contributed by atoms with E-state index >= 15 is 0 Å². The maximum atomic E-state index is 9.50. The molecule has 1 fully saturated rings. The normalized spacial score (nSPS) is 31.4. The number of benzene rings is 1. The Labute approximate surface area is 111 Å². The molecule has 0 radical (unpaired) electrons. The number of ether oxygens (including phenoxy) is 1. The fourth-order valence-electron chi connectivity index (χ4n) is 2.67. The Kier molecular flexibility index (Phi) is 3.20. The SMILES string of the molecule is O[C@@H]1CN(CC2Cc3cc(Cl)ccc3O2)C[C@@H]1O. The molecule has 1 saturated heterocycles. The van der Waals surface area contributed by atoms with Gasteiger partial charge in [0, 0.05) is 31.1 Å². The molecular formula is C13H16ClNO3. The van der Waals surface area contributed by atoms with E-state index in [9.17, 15) is 10.2 Å². The van der Waals surface area contributed by atoms with Crippen LogP contribution >= 0.6 is 11.6 Å². The van der Waals surface area contributed by atoms with Gasteiger partial charge in [0.15, 0.2) is 0 Å². The minimum atomic E-state index is -0.636. The number of hydrogen-bond acceptors (Lipinski definition) is 4. The first-order valence-corrected chi connectivity index (χ1v) is 6.53. The lowest BCUT2D eigenvalue weighted by molar-refractivity contribution is 0.0572. The maximum Gasteiger partial charge on any atom is 0.123 e. The standard InChI is InChI=1S/C13H16ClNO3/c14-9-1-2-13-8(3-9)4-10(18-13)5-15-6-11(16)12(17)7-15/h1-3,10-12,16-17H,4-7H2/t10?,11-,12+. The summed E-state index contributed by atoms with van der Waals surface area (Å²) >= 11 is 5.95. The van der Waals surface area contributed by atoms with Gasteiger partial charge in [-0.15, -0.1) is 0 Å². The van der Waals surface area contributed by atoms with Gasteiger partial charge >= 0.3 is 0 Å². The molecule has 18 heavy (non-hydrogen) atoms.